The van der Waals surface area contributed by atoms with E-state index in [2.05, 4.69) is 5.32 Å². The molecule has 1 N–H and O–H groups in total. The Morgan fingerprint density at radius 3 is 2.59 bits per heavy atom. The normalized spacial score (nSPS) is 15.1. The van der Waals surface area contributed by atoms with Crippen LogP contribution in [-0.4, -0.2) is 18.5 Å². The van der Waals surface area contributed by atoms with E-state index < -0.39 is 5.97 Å². The van der Waals surface area contributed by atoms with Crippen molar-refractivity contribution in [2.45, 2.75) is 18.9 Å². The average molecular weight is 315 g/mol. The van der Waals surface area contributed by atoms with E-state index >= 15 is 0 Å². The topological polar surface area (TPSA) is 55.4 Å². The van der Waals surface area contributed by atoms with Gasteiger partial charge >= 0.3 is 5.97 Å². The molecule has 1 fully saturated rings. The highest BCUT2D eigenvalue weighted by Crippen LogP contribution is 2.40. The van der Waals surface area contributed by atoms with Crippen LogP contribution in [0.3, 0.4) is 0 Å². The van der Waals surface area contributed by atoms with Crippen LogP contribution in [0.5, 0.6) is 0 Å². The Balaban J connectivity index is 1.55. The van der Waals surface area contributed by atoms with Gasteiger partial charge in [0, 0.05) is 0 Å². The van der Waals surface area contributed by atoms with Crippen LogP contribution >= 0.6 is 11.3 Å². The van der Waals surface area contributed by atoms with Crippen molar-refractivity contribution in [3.63, 3.8) is 0 Å². The molecule has 0 bridgehead atoms. The molecule has 3 rings (SSSR count). The molecule has 0 aliphatic heterocycles. The fourth-order valence-corrected chi connectivity index (χ4v) is 2.99. The number of amides is 1. The van der Waals surface area contributed by atoms with E-state index in [1.165, 1.54) is 11.3 Å². The third-order valence-electron chi connectivity index (χ3n) is 3.63. The Labute approximate surface area is 133 Å². The summed E-state index contributed by atoms with van der Waals surface area (Å²) in [5.74, 6) is -0.224. The second kappa shape index (κ2) is 6.75. The van der Waals surface area contributed by atoms with Crippen LogP contribution in [0.2, 0.25) is 0 Å². The van der Waals surface area contributed by atoms with Gasteiger partial charge in [-0.25, -0.2) is 4.79 Å². The zero-order valence-corrected chi connectivity index (χ0v) is 12.8. The number of nitrogens with one attached hydrogen (secondary N) is 1. The average Bonchev–Trinajstić information content (AvgIpc) is 3.24. The molecular weight excluding hydrogens is 298 g/mol. The van der Waals surface area contributed by atoms with Gasteiger partial charge in [-0.15, -0.1) is 11.3 Å². The minimum atomic E-state index is -0.451. The van der Waals surface area contributed by atoms with E-state index in [0.717, 1.165) is 18.4 Å². The third-order valence-corrected chi connectivity index (χ3v) is 4.48. The second-order valence-corrected chi connectivity index (χ2v) is 6.29. The van der Waals surface area contributed by atoms with Gasteiger partial charge in [-0.2, -0.15) is 0 Å². The maximum Gasteiger partial charge on any atom is 0.348 e. The summed E-state index contributed by atoms with van der Waals surface area (Å²) in [6.45, 7) is -0.243. The number of benzene rings is 1. The Morgan fingerprint density at radius 1 is 1.18 bits per heavy atom. The smallest absolute Gasteiger partial charge is 0.348 e. The molecule has 4 nitrogen and oxygen atoms in total. The number of carbonyl (C=O) groups is 2. The van der Waals surface area contributed by atoms with Gasteiger partial charge in [0.2, 0.25) is 0 Å². The first-order valence-corrected chi connectivity index (χ1v) is 8.17. The number of carbonyl (C=O) groups excluding carboxylic acids is 2. The van der Waals surface area contributed by atoms with Crippen molar-refractivity contribution in [3.05, 3.63) is 58.3 Å². The number of rotatable bonds is 6. The predicted octanol–water partition coefficient (Wildman–Crippen LogP) is 3.17. The van der Waals surface area contributed by atoms with Gasteiger partial charge in [0.05, 0.1) is 6.04 Å². The predicted molar refractivity (Wildman–Crippen MR) is 84.7 cm³/mol. The van der Waals surface area contributed by atoms with Crippen LogP contribution in [0.25, 0.3) is 0 Å². The minimum Gasteiger partial charge on any atom is -0.451 e. The summed E-state index contributed by atoms with van der Waals surface area (Å²) in [7, 11) is 0. The molecule has 1 aromatic heterocycles. The fraction of sp³-hybridized carbons (Fsp3) is 0.294. The highest BCUT2D eigenvalue weighted by Gasteiger charge is 2.33. The number of hydrogen-bond acceptors (Lipinski definition) is 4. The van der Waals surface area contributed by atoms with E-state index in [1.54, 1.807) is 17.5 Å². The van der Waals surface area contributed by atoms with E-state index in [-0.39, 0.29) is 18.6 Å². The molecule has 1 saturated carbocycles. The maximum absolute atomic E-state index is 12.0. The molecule has 1 aromatic carbocycles. The van der Waals surface area contributed by atoms with Crippen molar-refractivity contribution in [2.24, 2.45) is 5.92 Å². The Bertz CT molecular complexity index is 635. The first-order valence-electron chi connectivity index (χ1n) is 7.29. The van der Waals surface area contributed by atoms with Crippen molar-refractivity contribution >= 4 is 23.2 Å². The Hall–Kier alpha value is -2.14. The maximum atomic E-state index is 12.0. The van der Waals surface area contributed by atoms with Crippen LogP contribution in [-0.2, 0) is 9.53 Å². The van der Waals surface area contributed by atoms with Gasteiger partial charge in [0.15, 0.2) is 6.61 Å². The largest absolute Gasteiger partial charge is 0.451 e. The SMILES string of the molecule is O=C(COC(=O)c1cccs1)NC(c1ccccc1)C1CC1. The quantitative estimate of drug-likeness (QED) is 0.833. The molecule has 2 aromatic rings. The summed E-state index contributed by atoms with van der Waals surface area (Å²) in [5, 5.41) is 4.78. The van der Waals surface area contributed by atoms with Crippen molar-refractivity contribution in [3.8, 4) is 0 Å². The summed E-state index contributed by atoms with van der Waals surface area (Å²) in [5.41, 5.74) is 1.10. The zero-order chi connectivity index (χ0) is 15.4. The van der Waals surface area contributed by atoms with Gasteiger partial charge in [0.1, 0.15) is 4.88 Å². The summed E-state index contributed by atoms with van der Waals surface area (Å²) in [6.07, 6.45) is 2.24. The molecule has 1 unspecified atom stereocenters. The molecule has 0 saturated heterocycles. The van der Waals surface area contributed by atoms with Crippen molar-refractivity contribution < 1.29 is 14.3 Å². The molecule has 0 spiro atoms. The Morgan fingerprint density at radius 2 is 1.95 bits per heavy atom. The molecule has 1 amide bonds. The molecule has 114 valence electrons. The van der Waals surface area contributed by atoms with Gasteiger partial charge in [-0.05, 0) is 35.8 Å². The van der Waals surface area contributed by atoms with E-state index in [4.69, 9.17) is 4.74 Å². The lowest BCUT2D eigenvalue weighted by Crippen LogP contribution is -2.33. The number of esters is 1. The zero-order valence-electron chi connectivity index (χ0n) is 12.0. The Kier molecular flexibility index (Phi) is 4.53. The van der Waals surface area contributed by atoms with Crippen molar-refractivity contribution in [1.29, 1.82) is 0 Å². The summed E-state index contributed by atoms with van der Waals surface area (Å²) in [4.78, 5) is 24.3. The van der Waals surface area contributed by atoms with Crippen LogP contribution < -0.4 is 5.32 Å². The molecule has 0 radical (unpaired) electrons. The van der Waals surface area contributed by atoms with Gasteiger partial charge in [-0.3, -0.25) is 4.79 Å². The number of hydrogen-bond donors (Lipinski definition) is 1. The van der Waals surface area contributed by atoms with Crippen LogP contribution in [0.15, 0.2) is 47.8 Å². The fourth-order valence-electron chi connectivity index (χ4n) is 2.38. The molecular formula is C17H17NO3S. The molecule has 1 atom stereocenters. The molecule has 22 heavy (non-hydrogen) atoms. The lowest BCUT2D eigenvalue weighted by molar-refractivity contribution is -0.125. The van der Waals surface area contributed by atoms with Crippen LogP contribution in [0.1, 0.15) is 34.1 Å². The molecule has 1 aliphatic rings. The standard InChI is InChI=1S/C17H17NO3S/c19-15(11-21-17(20)14-7-4-10-22-14)18-16(13-8-9-13)12-5-2-1-3-6-12/h1-7,10,13,16H,8-9,11H2,(H,18,19). The van der Waals surface area contributed by atoms with Crippen molar-refractivity contribution in [2.75, 3.05) is 6.61 Å². The summed E-state index contributed by atoms with van der Waals surface area (Å²) < 4.78 is 5.04. The molecule has 5 heteroatoms. The summed E-state index contributed by atoms with van der Waals surface area (Å²) >= 11 is 1.30. The van der Waals surface area contributed by atoms with Crippen LogP contribution in [0.4, 0.5) is 0 Å². The highest BCUT2D eigenvalue weighted by atomic mass is 32.1. The van der Waals surface area contributed by atoms with E-state index in [9.17, 15) is 9.59 Å². The summed E-state index contributed by atoms with van der Waals surface area (Å²) in [6, 6.07) is 13.4. The first-order chi connectivity index (χ1) is 10.7. The molecule has 1 aliphatic carbocycles. The first kappa shape index (κ1) is 14.8. The second-order valence-electron chi connectivity index (χ2n) is 5.35. The van der Waals surface area contributed by atoms with Gasteiger partial charge in [-0.1, -0.05) is 36.4 Å². The lowest BCUT2D eigenvalue weighted by Gasteiger charge is -2.18. The van der Waals surface area contributed by atoms with E-state index in [1.807, 2.05) is 30.3 Å². The van der Waals surface area contributed by atoms with Gasteiger partial charge < -0.3 is 10.1 Å². The van der Waals surface area contributed by atoms with Crippen molar-refractivity contribution in [1.82, 2.24) is 5.32 Å². The molecule has 1 heterocycles. The van der Waals surface area contributed by atoms with Gasteiger partial charge in [0.25, 0.3) is 5.91 Å². The monoisotopic (exact) mass is 315 g/mol. The lowest BCUT2D eigenvalue weighted by atomic mass is 10.0. The minimum absolute atomic E-state index is 0.00846. The van der Waals surface area contributed by atoms with Crippen LogP contribution in [0, 0.1) is 5.92 Å². The third kappa shape index (κ3) is 3.74. The number of thiophene rings is 1. The number of ether oxygens (including phenoxy) is 1. The van der Waals surface area contributed by atoms with E-state index in [0.29, 0.717) is 10.8 Å². The highest BCUT2D eigenvalue weighted by molar-refractivity contribution is 7.11.